The fraction of sp³-hybridized carbons (Fsp3) is 0.455. The molecule has 2 aromatic heterocycles. The molecule has 2 aliphatic rings. The summed E-state index contributed by atoms with van der Waals surface area (Å²) < 4.78 is 34.2. The minimum absolute atomic E-state index is 0.109. The summed E-state index contributed by atoms with van der Waals surface area (Å²) in [5.41, 5.74) is 3.06. The van der Waals surface area contributed by atoms with Gasteiger partial charge >= 0.3 is 10.3 Å². The highest BCUT2D eigenvalue weighted by atomic mass is 35.5. The van der Waals surface area contributed by atoms with Gasteiger partial charge in [0.15, 0.2) is 5.65 Å². The molecule has 0 bridgehead atoms. The van der Waals surface area contributed by atoms with Crippen molar-refractivity contribution in [3.8, 4) is 17.0 Å². The molecule has 0 unspecified atom stereocenters. The Morgan fingerprint density at radius 3 is 2.80 bits per heavy atom. The van der Waals surface area contributed by atoms with Gasteiger partial charge in [-0.2, -0.15) is 18.0 Å². The van der Waals surface area contributed by atoms with Crippen molar-refractivity contribution in [2.75, 3.05) is 18.5 Å². The van der Waals surface area contributed by atoms with Gasteiger partial charge in [-0.1, -0.05) is 25.4 Å². The van der Waals surface area contributed by atoms with Crippen LogP contribution in [0.5, 0.6) is 5.75 Å². The summed E-state index contributed by atoms with van der Waals surface area (Å²) in [5, 5.41) is 33.9. The molecule has 1 fully saturated rings. The van der Waals surface area contributed by atoms with Gasteiger partial charge in [-0.25, -0.2) is 10.1 Å². The van der Waals surface area contributed by atoms with Crippen molar-refractivity contribution in [2.24, 2.45) is 11.1 Å². The van der Waals surface area contributed by atoms with Crippen LogP contribution in [0, 0.1) is 5.92 Å². The number of benzene rings is 1. The Bertz CT molecular complexity index is 1390. The first-order valence-electron chi connectivity index (χ1n) is 11.1. The van der Waals surface area contributed by atoms with Crippen molar-refractivity contribution in [1.82, 2.24) is 14.6 Å². The average molecular weight is 524 g/mol. The lowest BCUT2D eigenvalue weighted by Gasteiger charge is -2.19. The van der Waals surface area contributed by atoms with E-state index in [1.807, 2.05) is 18.2 Å². The largest absolute Gasteiger partial charge is 0.492 e. The maximum absolute atomic E-state index is 11.1. The van der Waals surface area contributed by atoms with E-state index in [4.69, 9.17) is 26.6 Å². The summed E-state index contributed by atoms with van der Waals surface area (Å²) >= 11 is 6.25. The van der Waals surface area contributed by atoms with Crippen LogP contribution in [-0.2, 0) is 19.9 Å². The zero-order valence-electron chi connectivity index (χ0n) is 19.1. The highest BCUT2D eigenvalue weighted by Crippen LogP contribution is 2.40. The smallest absolute Gasteiger partial charge is 0.333 e. The summed E-state index contributed by atoms with van der Waals surface area (Å²) in [5.74, 6) is 0.680. The summed E-state index contributed by atoms with van der Waals surface area (Å²) in [6, 6.07) is 8.69. The number of nitrogens with two attached hydrogens (primary N) is 1. The van der Waals surface area contributed by atoms with E-state index in [9.17, 15) is 18.6 Å². The number of fused-ring (bicyclic) bond motifs is 2. The first kappa shape index (κ1) is 24.2. The number of rotatable bonds is 6. The number of anilines is 1. The zero-order valence-corrected chi connectivity index (χ0v) is 20.6. The number of aliphatic hydroxyl groups is 2. The van der Waals surface area contributed by atoms with Gasteiger partial charge in [0.25, 0.3) is 0 Å². The first-order chi connectivity index (χ1) is 16.4. The molecule has 1 saturated carbocycles. The predicted molar refractivity (Wildman–Crippen MR) is 129 cm³/mol. The van der Waals surface area contributed by atoms with Gasteiger partial charge in [-0.15, -0.1) is 0 Å². The lowest BCUT2D eigenvalue weighted by molar-refractivity contribution is 0.00777. The molecule has 3 aromatic rings. The van der Waals surface area contributed by atoms with E-state index in [2.05, 4.69) is 34.4 Å². The molecule has 188 valence electrons. The van der Waals surface area contributed by atoms with E-state index in [0.29, 0.717) is 23.8 Å². The third-order valence-corrected chi connectivity index (χ3v) is 7.23. The lowest BCUT2D eigenvalue weighted by Crippen LogP contribution is -2.36. The molecule has 35 heavy (non-hydrogen) atoms. The fourth-order valence-electron chi connectivity index (χ4n) is 4.67. The number of nitrogens with zero attached hydrogens (tertiary/aromatic N) is 3. The summed E-state index contributed by atoms with van der Waals surface area (Å²) in [4.78, 5) is 4.35. The Balaban J connectivity index is 1.43. The predicted octanol–water partition coefficient (Wildman–Crippen LogP) is 1.46. The molecule has 11 nitrogen and oxygen atoms in total. The van der Waals surface area contributed by atoms with Crippen molar-refractivity contribution in [2.45, 2.75) is 43.9 Å². The van der Waals surface area contributed by atoms with Crippen LogP contribution < -0.4 is 15.2 Å². The molecule has 4 atom stereocenters. The van der Waals surface area contributed by atoms with E-state index >= 15 is 0 Å². The Hall–Kier alpha value is -2.48. The maximum Gasteiger partial charge on any atom is 0.333 e. The van der Waals surface area contributed by atoms with E-state index in [0.717, 1.165) is 16.9 Å². The van der Waals surface area contributed by atoms with Gasteiger partial charge < -0.3 is 20.3 Å². The van der Waals surface area contributed by atoms with Crippen LogP contribution in [0.15, 0.2) is 30.3 Å². The molecule has 5 N–H and O–H groups in total. The Morgan fingerprint density at radius 1 is 1.29 bits per heavy atom. The molecular weight excluding hydrogens is 498 g/mol. The van der Waals surface area contributed by atoms with Crippen LogP contribution in [0.2, 0.25) is 5.15 Å². The minimum Gasteiger partial charge on any atom is -0.492 e. The second-order valence-corrected chi connectivity index (χ2v) is 11.3. The third-order valence-electron chi connectivity index (χ3n) is 6.57. The van der Waals surface area contributed by atoms with Crippen molar-refractivity contribution >= 4 is 33.4 Å². The van der Waals surface area contributed by atoms with Crippen LogP contribution >= 0.6 is 11.6 Å². The van der Waals surface area contributed by atoms with Gasteiger partial charge in [0.2, 0.25) is 0 Å². The minimum atomic E-state index is -4.16. The van der Waals surface area contributed by atoms with Crippen molar-refractivity contribution in [3.05, 3.63) is 41.0 Å². The topological polar surface area (TPSA) is 161 Å². The van der Waals surface area contributed by atoms with E-state index in [1.165, 1.54) is 0 Å². The number of nitrogens with one attached hydrogen (secondary N) is 1. The van der Waals surface area contributed by atoms with Gasteiger partial charge in [0.1, 0.15) is 22.8 Å². The highest BCUT2D eigenvalue weighted by Gasteiger charge is 2.42. The molecule has 0 radical (unpaired) electrons. The number of ether oxygens (including phenoxy) is 1. The zero-order chi connectivity index (χ0) is 25.1. The van der Waals surface area contributed by atoms with Crippen molar-refractivity contribution < 1.29 is 27.6 Å². The molecule has 1 aliphatic carbocycles. The standard InChI is InChI=1S/C22H26ClN5O6S/c1-22(2)10-33-16-4-3-11(5-13(16)22)14-7-18-26-17(23)8-19(28(18)27-14)25-15-6-12(20(29)21(15)30)9-34-35(24,31)32/h3-5,7-8,12,15,20-21,25,29-30H,6,9-10H2,1-2H3,(H2,24,31,32)/t12-,15-,20-,21+/m1/s1. The van der Waals surface area contributed by atoms with Crippen LogP contribution in [0.4, 0.5) is 5.82 Å². The van der Waals surface area contributed by atoms with Gasteiger partial charge in [0, 0.05) is 34.6 Å². The second-order valence-electron chi connectivity index (χ2n) is 9.65. The molecule has 0 saturated heterocycles. The van der Waals surface area contributed by atoms with Gasteiger partial charge in [-0.3, -0.25) is 4.18 Å². The number of halogens is 1. The quantitative estimate of drug-likeness (QED) is 0.350. The van der Waals surface area contributed by atoms with Crippen LogP contribution in [0.3, 0.4) is 0 Å². The second kappa shape index (κ2) is 8.57. The number of hydrogen-bond donors (Lipinski definition) is 4. The van der Waals surface area contributed by atoms with Gasteiger partial charge in [0.05, 0.1) is 31.1 Å². The summed E-state index contributed by atoms with van der Waals surface area (Å²) in [6.07, 6.45) is -2.15. The van der Waals surface area contributed by atoms with Gasteiger partial charge in [-0.05, 0) is 24.6 Å². The highest BCUT2D eigenvalue weighted by molar-refractivity contribution is 7.84. The Morgan fingerprint density at radius 2 is 2.06 bits per heavy atom. The van der Waals surface area contributed by atoms with E-state index in [1.54, 1.807) is 10.6 Å². The lowest BCUT2D eigenvalue weighted by atomic mass is 9.86. The first-order valence-corrected chi connectivity index (χ1v) is 12.9. The third kappa shape index (κ3) is 4.69. The number of aliphatic hydroxyl groups excluding tert-OH is 2. The maximum atomic E-state index is 11.1. The van der Waals surface area contributed by atoms with Crippen molar-refractivity contribution in [3.63, 3.8) is 0 Å². The molecule has 1 aromatic carbocycles. The molecule has 0 spiro atoms. The molecule has 5 rings (SSSR count). The Kier molecular flexibility index (Phi) is 5.93. The molecular formula is C22H26ClN5O6S. The van der Waals surface area contributed by atoms with Crippen molar-refractivity contribution in [1.29, 1.82) is 0 Å². The number of aromatic nitrogens is 3. The SMILES string of the molecule is CC1(C)COc2ccc(-c3cc4nc(Cl)cc(N[C@@H]5C[C@H](COS(N)(=O)=O)[C@@H](O)[C@H]5O)n4n3)cc21. The van der Waals surface area contributed by atoms with Crippen LogP contribution in [0.1, 0.15) is 25.8 Å². The number of hydrogen-bond acceptors (Lipinski definition) is 9. The summed E-state index contributed by atoms with van der Waals surface area (Å²) in [6.45, 7) is 4.52. The molecule has 0 amide bonds. The average Bonchev–Trinajstić information content (AvgIpc) is 3.42. The van der Waals surface area contributed by atoms with E-state index < -0.39 is 34.5 Å². The fourth-order valence-corrected chi connectivity index (χ4v) is 5.23. The Labute approximate surface area is 207 Å². The molecule has 1 aliphatic heterocycles. The van der Waals surface area contributed by atoms with Crippen LogP contribution in [0.25, 0.3) is 16.9 Å². The van der Waals surface area contributed by atoms with Crippen LogP contribution in [-0.4, -0.2) is 64.7 Å². The molecule has 13 heteroatoms. The molecule has 3 heterocycles. The summed E-state index contributed by atoms with van der Waals surface area (Å²) in [7, 11) is -4.16. The monoisotopic (exact) mass is 523 g/mol. The van der Waals surface area contributed by atoms with E-state index in [-0.39, 0.29) is 23.6 Å². The normalized spacial score (nSPS) is 25.5.